The summed E-state index contributed by atoms with van der Waals surface area (Å²) < 4.78 is 2.49. The van der Waals surface area contributed by atoms with Gasteiger partial charge in [0.25, 0.3) is 5.82 Å². The molecule has 0 saturated heterocycles. The van der Waals surface area contributed by atoms with Crippen molar-refractivity contribution in [3.05, 3.63) is 18.2 Å². The van der Waals surface area contributed by atoms with Crippen LogP contribution in [-0.4, -0.2) is 4.98 Å². The number of aromatic amines is 1. The number of hydrogen-bond acceptors (Lipinski definition) is 0. The molecule has 1 rings (SSSR count). The van der Waals surface area contributed by atoms with Crippen molar-refractivity contribution in [3.8, 4) is 0 Å². The van der Waals surface area contributed by atoms with E-state index >= 15 is 0 Å². The van der Waals surface area contributed by atoms with Gasteiger partial charge in [0.1, 0.15) is 12.4 Å². The van der Waals surface area contributed by atoms with Crippen LogP contribution in [0.5, 0.6) is 0 Å². The topological polar surface area (TPSA) is 19.7 Å². The first kappa shape index (κ1) is 24.2. The van der Waals surface area contributed by atoms with Gasteiger partial charge in [0.05, 0.1) is 12.0 Å². The van der Waals surface area contributed by atoms with E-state index in [9.17, 15) is 0 Å². The lowest BCUT2D eigenvalue weighted by Crippen LogP contribution is -2.40. The smallest absolute Gasteiger partial charge is 0.247 e. The van der Waals surface area contributed by atoms with Crippen molar-refractivity contribution in [2.45, 2.75) is 142 Å². The molecule has 0 aliphatic carbocycles. The Morgan fingerprint density at radius 1 is 0.704 bits per heavy atom. The number of aromatic nitrogens is 2. The quantitative estimate of drug-likeness (QED) is 0.196. The maximum atomic E-state index is 3.52. The average Bonchev–Trinajstić information content (AvgIpc) is 3.17. The lowest BCUT2D eigenvalue weighted by atomic mass is 10.00. The maximum Gasteiger partial charge on any atom is 0.257 e. The molecule has 158 valence electrons. The predicted molar refractivity (Wildman–Crippen MR) is 119 cm³/mol. The van der Waals surface area contributed by atoms with Gasteiger partial charge in [-0.1, -0.05) is 104 Å². The third-order valence-corrected chi connectivity index (χ3v) is 6.15. The minimum Gasteiger partial charge on any atom is -0.247 e. The minimum absolute atomic E-state index is 0.621. The molecule has 27 heavy (non-hydrogen) atoms. The molecule has 0 fully saturated rings. The Hall–Kier alpha value is -0.790. The minimum atomic E-state index is 0.621. The van der Waals surface area contributed by atoms with Crippen molar-refractivity contribution in [3.63, 3.8) is 0 Å². The largest absolute Gasteiger partial charge is 0.257 e. The molecular weight excluding hydrogens is 328 g/mol. The Labute approximate surface area is 170 Å². The van der Waals surface area contributed by atoms with Gasteiger partial charge >= 0.3 is 0 Å². The second-order valence-electron chi connectivity index (χ2n) is 8.82. The highest BCUT2D eigenvalue weighted by Gasteiger charge is 2.21. The van der Waals surface area contributed by atoms with Crippen LogP contribution in [0.25, 0.3) is 0 Å². The molecule has 2 atom stereocenters. The molecule has 1 heterocycles. The van der Waals surface area contributed by atoms with Crippen LogP contribution in [0.2, 0.25) is 0 Å². The average molecular weight is 378 g/mol. The first-order chi connectivity index (χ1) is 13.2. The highest BCUT2D eigenvalue weighted by Crippen LogP contribution is 2.21. The fraction of sp³-hybridized carbons (Fsp3) is 0.880. The molecule has 1 aromatic heterocycles. The molecule has 2 heteroatoms. The monoisotopic (exact) mass is 377 g/mol. The fourth-order valence-corrected chi connectivity index (χ4v) is 4.21. The number of nitrogens with zero attached hydrogens (tertiary/aromatic N) is 1. The number of imidazole rings is 1. The summed E-state index contributed by atoms with van der Waals surface area (Å²) in [4.78, 5) is 3.52. The van der Waals surface area contributed by atoms with Crippen LogP contribution >= 0.6 is 0 Å². The van der Waals surface area contributed by atoms with Crippen molar-refractivity contribution in [2.24, 2.45) is 0 Å². The number of H-pyrrole nitrogens is 1. The van der Waals surface area contributed by atoms with Crippen LogP contribution in [0.1, 0.15) is 148 Å². The second kappa shape index (κ2) is 16.2. The van der Waals surface area contributed by atoms with Gasteiger partial charge in [0, 0.05) is 0 Å². The zero-order valence-electron chi connectivity index (χ0n) is 19.1. The Morgan fingerprint density at radius 3 is 1.78 bits per heavy atom. The Bertz CT molecular complexity index is 437. The molecule has 0 saturated carbocycles. The van der Waals surface area contributed by atoms with Crippen LogP contribution in [0, 0.1) is 0 Å². The molecule has 0 aliphatic heterocycles. The van der Waals surface area contributed by atoms with Crippen molar-refractivity contribution in [1.29, 1.82) is 0 Å². The highest BCUT2D eigenvalue weighted by molar-refractivity contribution is 4.87. The van der Waals surface area contributed by atoms with Crippen LogP contribution in [0.4, 0.5) is 0 Å². The van der Waals surface area contributed by atoms with E-state index in [2.05, 4.69) is 49.6 Å². The third kappa shape index (κ3) is 11.0. The van der Waals surface area contributed by atoms with Gasteiger partial charge in [-0.25, -0.2) is 9.55 Å². The zero-order chi connectivity index (χ0) is 19.7. The number of unbranched alkanes of at least 4 members (excludes halogenated alkanes) is 12. The number of hydrogen-bond donors (Lipinski definition) is 1. The van der Waals surface area contributed by atoms with E-state index in [-0.39, 0.29) is 0 Å². The summed E-state index contributed by atoms with van der Waals surface area (Å²) in [7, 11) is 0. The molecule has 0 radical (unpaired) electrons. The highest BCUT2D eigenvalue weighted by atomic mass is 15.1. The van der Waals surface area contributed by atoms with Crippen LogP contribution in [0.15, 0.2) is 12.4 Å². The summed E-state index contributed by atoms with van der Waals surface area (Å²) in [6, 6.07) is 0.621. The van der Waals surface area contributed by atoms with Crippen LogP contribution in [0.3, 0.4) is 0 Å². The van der Waals surface area contributed by atoms with Gasteiger partial charge in [-0.2, -0.15) is 0 Å². The lowest BCUT2D eigenvalue weighted by Gasteiger charge is -2.13. The molecule has 0 bridgehead atoms. The van der Waals surface area contributed by atoms with E-state index in [4.69, 9.17) is 0 Å². The van der Waals surface area contributed by atoms with E-state index in [0.717, 1.165) is 0 Å². The van der Waals surface area contributed by atoms with Crippen molar-refractivity contribution >= 4 is 0 Å². The molecule has 2 nitrogen and oxygen atoms in total. The summed E-state index contributed by atoms with van der Waals surface area (Å²) in [6.07, 6.45) is 26.8. The van der Waals surface area contributed by atoms with Crippen LogP contribution < -0.4 is 4.57 Å². The van der Waals surface area contributed by atoms with Gasteiger partial charge in [-0.3, -0.25) is 0 Å². The standard InChI is InChI=1S/C25H48N2/c1-5-7-9-10-11-12-13-14-15-16-17-18-19-23(3)25-26-21-22-27(25)24(4)20-8-6-2/h21-24H,5-20H2,1-4H3/p+1. The van der Waals surface area contributed by atoms with Crippen molar-refractivity contribution in [2.75, 3.05) is 0 Å². The number of nitrogens with one attached hydrogen (secondary N) is 1. The molecule has 1 aromatic rings. The van der Waals surface area contributed by atoms with E-state index < -0.39 is 0 Å². The molecule has 2 unspecified atom stereocenters. The lowest BCUT2D eigenvalue weighted by molar-refractivity contribution is -0.727. The van der Waals surface area contributed by atoms with E-state index in [0.29, 0.717) is 12.0 Å². The summed E-state index contributed by atoms with van der Waals surface area (Å²) in [5, 5.41) is 0. The molecule has 1 N–H and O–H groups in total. The summed E-state index contributed by atoms with van der Waals surface area (Å²) in [5.74, 6) is 2.08. The normalized spacial score (nSPS) is 13.8. The zero-order valence-corrected chi connectivity index (χ0v) is 19.1. The molecule has 0 aromatic carbocycles. The van der Waals surface area contributed by atoms with Gasteiger partial charge in [0.2, 0.25) is 0 Å². The Kier molecular flexibility index (Phi) is 14.5. The fourth-order valence-electron chi connectivity index (χ4n) is 4.21. The van der Waals surface area contributed by atoms with E-state index in [1.807, 2.05) is 0 Å². The summed E-state index contributed by atoms with van der Waals surface area (Å²) in [6.45, 7) is 9.34. The Balaban J connectivity index is 2.06. The summed E-state index contributed by atoms with van der Waals surface area (Å²) >= 11 is 0. The maximum absolute atomic E-state index is 3.52. The molecule has 0 amide bonds. The Morgan fingerprint density at radius 2 is 1.22 bits per heavy atom. The summed E-state index contributed by atoms with van der Waals surface area (Å²) in [5.41, 5.74) is 0. The first-order valence-corrected chi connectivity index (χ1v) is 12.3. The van der Waals surface area contributed by atoms with Crippen LogP contribution in [-0.2, 0) is 0 Å². The molecular formula is C25H49N2+. The molecule has 0 spiro atoms. The SMILES string of the molecule is CCCCCCCCCCCCCCC(C)c1[nH]cc[n+]1C(C)CCCC. The number of rotatable bonds is 18. The third-order valence-electron chi connectivity index (χ3n) is 6.15. The van der Waals surface area contributed by atoms with Crippen molar-refractivity contribution < 1.29 is 4.57 Å². The van der Waals surface area contributed by atoms with Gasteiger partial charge < -0.3 is 0 Å². The van der Waals surface area contributed by atoms with Gasteiger partial charge in [-0.15, -0.1) is 0 Å². The molecule has 0 aliphatic rings. The van der Waals surface area contributed by atoms with E-state index in [1.54, 1.807) is 0 Å². The second-order valence-corrected chi connectivity index (χ2v) is 8.82. The van der Waals surface area contributed by atoms with E-state index in [1.165, 1.54) is 109 Å². The van der Waals surface area contributed by atoms with Gasteiger partial charge in [-0.05, 0) is 26.2 Å². The van der Waals surface area contributed by atoms with Gasteiger partial charge in [0.15, 0.2) is 0 Å². The first-order valence-electron chi connectivity index (χ1n) is 12.3. The predicted octanol–water partition coefficient (Wildman–Crippen LogP) is 8.25. The van der Waals surface area contributed by atoms with Crippen molar-refractivity contribution in [1.82, 2.24) is 4.98 Å².